The van der Waals surface area contributed by atoms with E-state index in [-0.39, 0.29) is 12.0 Å². The quantitative estimate of drug-likeness (QED) is 0.867. The summed E-state index contributed by atoms with van der Waals surface area (Å²) in [6, 6.07) is 0.270. The maximum atomic E-state index is 5.72. The van der Waals surface area contributed by atoms with Crippen molar-refractivity contribution in [3.05, 3.63) is 11.7 Å². The topological polar surface area (TPSA) is 69.4 Å². The summed E-state index contributed by atoms with van der Waals surface area (Å²) in [4.78, 5) is 4.67. The van der Waals surface area contributed by atoms with Crippen LogP contribution < -0.4 is 5.32 Å². The molecule has 0 aliphatic carbocycles. The van der Waals surface area contributed by atoms with Crippen molar-refractivity contribution in [1.29, 1.82) is 0 Å². The van der Waals surface area contributed by atoms with Gasteiger partial charge in [-0.3, -0.25) is 0 Å². The first-order valence-electron chi connectivity index (χ1n) is 7.68. The number of rotatable bonds is 6. The molecule has 120 valence electrons. The van der Waals surface area contributed by atoms with Gasteiger partial charge >= 0.3 is 0 Å². The van der Waals surface area contributed by atoms with E-state index in [2.05, 4.69) is 36.2 Å². The van der Waals surface area contributed by atoms with Crippen molar-refractivity contribution < 1.29 is 14.0 Å². The molecule has 21 heavy (non-hydrogen) atoms. The lowest BCUT2D eigenvalue weighted by Crippen LogP contribution is -2.37. The lowest BCUT2D eigenvalue weighted by Gasteiger charge is -2.32. The molecule has 0 radical (unpaired) electrons. The van der Waals surface area contributed by atoms with Gasteiger partial charge in [0.1, 0.15) is 5.60 Å². The van der Waals surface area contributed by atoms with Gasteiger partial charge < -0.3 is 19.3 Å². The Hall–Kier alpha value is -0.980. The second kappa shape index (κ2) is 6.85. The van der Waals surface area contributed by atoms with Crippen LogP contribution in [0.1, 0.15) is 51.2 Å². The number of hydrogen-bond acceptors (Lipinski definition) is 6. The van der Waals surface area contributed by atoms with Crippen molar-refractivity contribution in [3.63, 3.8) is 0 Å². The summed E-state index contributed by atoms with van der Waals surface area (Å²) >= 11 is 0. The summed E-state index contributed by atoms with van der Waals surface area (Å²) < 4.78 is 16.7. The van der Waals surface area contributed by atoms with E-state index in [0.717, 1.165) is 12.8 Å². The molecule has 1 N–H and O–H groups in total. The average Bonchev–Trinajstić information content (AvgIpc) is 2.97. The van der Waals surface area contributed by atoms with Crippen LogP contribution in [0, 0.1) is 5.92 Å². The number of ether oxygens (including phenoxy) is 2. The lowest BCUT2D eigenvalue weighted by molar-refractivity contribution is -0.101. The first-order chi connectivity index (χ1) is 10.0. The molecule has 2 heterocycles. The summed E-state index contributed by atoms with van der Waals surface area (Å²) in [7, 11) is 3.66. The van der Waals surface area contributed by atoms with Gasteiger partial charge in [0.05, 0.1) is 5.92 Å². The minimum atomic E-state index is -0.468. The van der Waals surface area contributed by atoms with E-state index in [1.54, 1.807) is 7.11 Å². The van der Waals surface area contributed by atoms with Gasteiger partial charge in [-0.1, -0.05) is 19.0 Å². The molecule has 0 aromatic carbocycles. The van der Waals surface area contributed by atoms with Crippen LogP contribution in [-0.2, 0) is 15.1 Å². The van der Waals surface area contributed by atoms with E-state index in [0.29, 0.717) is 30.8 Å². The lowest BCUT2D eigenvalue weighted by atomic mass is 9.89. The van der Waals surface area contributed by atoms with Crippen LogP contribution in [0.15, 0.2) is 4.52 Å². The summed E-state index contributed by atoms with van der Waals surface area (Å²) in [6.45, 7) is 7.80. The Morgan fingerprint density at radius 3 is 2.43 bits per heavy atom. The normalized spacial score (nSPS) is 21.4. The standard InChI is InChI=1S/C15H27N3O3/c1-10(2)12(11(3)16-4)13-17-14(18-21-13)15(19-5)6-8-20-9-7-15/h10-12,16H,6-9H2,1-5H3. The Morgan fingerprint density at radius 2 is 1.90 bits per heavy atom. The second-order valence-electron chi connectivity index (χ2n) is 6.11. The van der Waals surface area contributed by atoms with E-state index in [1.807, 2.05) is 7.05 Å². The van der Waals surface area contributed by atoms with Crippen molar-refractivity contribution in [2.75, 3.05) is 27.4 Å². The molecule has 1 saturated heterocycles. The number of methoxy groups -OCH3 is 1. The largest absolute Gasteiger partial charge is 0.381 e. The van der Waals surface area contributed by atoms with Crippen molar-refractivity contribution in [1.82, 2.24) is 15.5 Å². The molecular formula is C15H27N3O3. The average molecular weight is 297 g/mol. The Balaban J connectivity index is 2.27. The molecule has 1 aromatic rings. The highest BCUT2D eigenvalue weighted by Gasteiger charge is 2.40. The molecule has 1 aliphatic heterocycles. The zero-order valence-corrected chi connectivity index (χ0v) is 13.7. The van der Waals surface area contributed by atoms with E-state index in [1.165, 1.54) is 0 Å². The molecule has 6 nitrogen and oxygen atoms in total. The fraction of sp³-hybridized carbons (Fsp3) is 0.867. The van der Waals surface area contributed by atoms with Gasteiger partial charge in [0.25, 0.3) is 0 Å². The molecule has 1 fully saturated rings. The predicted molar refractivity (Wildman–Crippen MR) is 79.1 cm³/mol. The van der Waals surface area contributed by atoms with Crippen molar-refractivity contribution >= 4 is 0 Å². The zero-order chi connectivity index (χ0) is 15.5. The van der Waals surface area contributed by atoms with Crippen LogP contribution >= 0.6 is 0 Å². The van der Waals surface area contributed by atoms with Crippen molar-refractivity contribution in [2.24, 2.45) is 5.92 Å². The van der Waals surface area contributed by atoms with Crippen LogP contribution in [0.4, 0.5) is 0 Å². The minimum Gasteiger partial charge on any atom is -0.381 e. The van der Waals surface area contributed by atoms with Gasteiger partial charge in [0.15, 0.2) is 0 Å². The minimum absolute atomic E-state index is 0.185. The Kier molecular flexibility index (Phi) is 5.35. The fourth-order valence-corrected chi connectivity index (χ4v) is 3.03. The highest BCUT2D eigenvalue weighted by atomic mass is 16.5. The Morgan fingerprint density at radius 1 is 1.24 bits per heavy atom. The van der Waals surface area contributed by atoms with Crippen LogP contribution in [-0.4, -0.2) is 43.6 Å². The summed E-state index contributed by atoms with van der Waals surface area (Å²) in [6.07, 6.45) is 1.52. The molecule has 0 saturated carbocycles. The van der Waals surface area contributed by atoms with Gasteiger partial charge in [0.2, 0.25) is 11.7 Å². The van der Waals surface area contributed by atoms with Crippen LogP contribution in [0.2, 0.25) is 0 Å². The zero-order valence-electron chi connectivity index (χ0n) is 13.7. The van der Waals surface area contributed by atoms with Gasteiger partial charge in [0, 0.05) is 39.2 Å². The predicted octanol–water partition coefficient (Wildman–Crippen LogP) is 2.07. The second-order valence-corrected chi connectivity index (χ2v) is 6.11. The monoisotopic (exact) mass is 297 g/mol. The SMILES string of the molecule is CNC(C)C(c1nc(C2(OC)CCOCC2)no1)C(C)C. The summed E-state index contributed by atoms with van der Waals surface area (Å²) in [5.41, 5.74) is -0.468. The number of nitrogens with one attached hydrogen (secondary N) is 1. The first kappa shape index (κ1) is 16.4. The smallest absolute Gasteiger partial charge is 0.231 e. The summed E-state index contributed by atoms with van der Waals surface area (Å²) in [5.74, 6) is 1.93. The van der Waals surface area contributed by atoms with Gasteiger partial charge in [-0.05, 0) is 19.9 Å². The molecule has 0 bridgehead atoms. The molecule has 2 atom stereocenters. The maximum absolute atomic E-state index is 5.72. The molecule has 6 heteroatoms. The van der Waals surface area contributed by atoms with Crippen molar-refractivity contribution in [2.45, 2.75) is 51.2 Å². The fourth-order valence-electron chi connectivity index (χ4n) is 3.03. The Bertz CT molecular complexity index is 441. The number of aromatic nitrogens is 2. The molecule has 1 aromatic heterocycles. The Labute approximate surface area is 126 Å². The number of nitrogens with zero attached hydrogens (tertiary/aromatic N) is 2. The summed E-state index contributed by atoms with van der Waals surface area (Å²) in [5, 5.41) is 7.49. The van der Waals surface area contributed by atoms with Crippen LogP contribution in [0.5, 0.6) is 0 Å². The molecule has 1 aliphatic rings. The van der Waals surface area contributed by atoms with E-state index < -0.39 is 5.60 Å². The highest BCUT2D eigenvalue weighted by Crippen LogP contribution is 2.35. The molecular weight excluding hydrogens is 270 g/mol. The molecule has 0 spiro atoms. The third kappa shape index (κ3) is 3.27. The molecule has 2 unspecified atom stereocenters. The van der Waals surface area contributed by atoms with E-state index in [4.69, 9.17) is 14.0 Å². The molecule has 0 amide bonds. The van der Waals surface area contributed by atoms with Gasteiger partial charge in [-0.25, -0.2) is 0 Å². The van der Waals surface area contributed by atoms with Gasteiger partial charge in [-0.2, -0.15) is 4.98 Å². The highest BCUT2D eigenvalue weighted by molar-refractivity contribution is 5.07. The van der Waals surface area contributed by atoms with Crippen molar-refractivity contribution in [3.8, 4) is 0 Å². The van der Waals surface area contributed by atoms with Crippen LogP contribution in [0.25, 0.3) is 0 Å². The number of likely N-dealkylation sites (N-methyl/N-ethyl adjacent to an activating group) is 1. The third-order valence-corrected chi connectivity index (χ3v) is 4.54. The maximum Gasteiger partial charge on any atom is 0.231 e. The van der Waals surface area contributed by atoms with Crippen LogP contribution in [0.3, 0.4) is 0 Å². The van der Waals surface area contributed by atoms with E-state index in [9.17, 15) is 0 Å². The third-order valence-electron chi connectivity index (χ3n) is 4.54. The first-order valence-corrected chi connectivity index (χ1v) is 7.68. The number of hydrogen-bond donors (Lipinski definition) is 1. The van der Waals surface area contributed by atoms with Gasteiger partial charge in [-0.15, -0.1) is 0 Å². The van der Waals surface area contributed by atoms with E-state index >= 15 is 0 Å². The molecule has 2 rings (SSSR count).